The summed E-state index contributed by atoms with van der Waals surface area (Å²) in [5.41, 5.74) is 7.37. The maximum absolute atomic E-state index is 11.4. The van der Waals surface area contributed by atoms with E-state index in [1.807, 2.05) is 0 Å². The molecule has 0 saturated carbocycles. The molecular weight excluding hydrogens is 697 g/mol. The molecule has 0 radical (unpaired) electrons. The fourth-order valence-corrected chi connectivity index (χ4v) is 9.57. The van der Waals surface area contributed by atoms with Crippen LogP contribution in [0, 0.1) is 0 Å². The molecule has 4 aromatic carbocycles. The van der Waals surface area contributed by atoms with E-state index in [1.54, 1.807) is 0 Å². The summed E-state index contributed by atoms with van der Waals surface area (Å²) in [6.07, 6.45) is 26.7. The van der Waals surface area contributed by atoms with Crippen LogP contribution in [-0.4, -0.2) is 42.1 Å². The lowest BCUT2D eigenvalue weighted by Gasteiger charge is -2.27. The normalized spacial score (nSPS) is 17.3. The standard InChI is InChI=1S/C49H60N2O3S/c1-6-7-8-9-10-11-15-22-35-50-42-33-31-38-25-18-20-27-40(38)46(42)48(2,3)44(50)29-16-13-12-14-17-30-45-49(4,5)47-41-28-21-19-26-39(41)32-34-43(47)51(45)36-23-24-37-55(52,53)54/h12-14,16-21,25-34H,6-11,15,22-24,35-37H2,1-5H3/p+1. The lowest BCUT2D eigenvalue weighted by atomic mass is 9.79. The van der Waals surface area contributed by atoms with Gasteiger partial charge in [0.2, 0.25) is 5.69 Å². The number of benzene rings is 4. The smallest absolute Gasteiger partial charge is 0.264 e. The van der Waals surface area contributed by atoms with Gasteiger partial charge in [-0.2, -0.15) is 13.0 Å². The number of anilines is 1. The molecule has 0 fully saturated rings. The molecule has 0 spiro atoms. The number of allylic oxidation sites excluding steroid dienone is 8. The first-order valence-electron chi connectivity index (χ1n) is 20.6. The molecule has 2 aliphatic rings. The SMILES string of the molecule is CCCCCCCCCCN1/C(=C/C=C/C=C/C=C/C2=[N+](CCCCS(=O)(=O)O)c3ccc4ccccc4c3C2(C)C)C(C)(C)c2c1ccc1ccccc21. The molecule has 2 heterocycles. The topological polar surface area (TPSA) is 60.6 Å². The first kappa shape index (κ1) is 40.4. The van der Waals surface area contributed by atoms with Gasteiger partial charge in [0.15, 0.2) is 5.71 Å². The van der Waals surface area contributed by atoms with Crippen LogP contribution in [0.3, 0.4) is 0 Å². The van der Waals surface area contributed by atoms with Crippen molar-refractivity contribution in [3.05, 3.63) is 132 Å². The fourth-order valence-electron chi connectivity index (χ4n) is 9.00. The minimum absolute atomic E-state index is 0.126. The van der Waals surface area contributed by atoms with Gasteiger partial charge in [0, 0.05) is 47.5 Å². The van der Waals surface area contributed by atoms with Gasteiger partial charge in [0.25, 0.3) is 10.1 Å². The van der Waals surface area contributed by atoms with E-state index in [-0.39, 0.29) is 16.6 Å². The zero-order valence-electron chi connectivity index (χ0n) is 33.7. The van der Waals surface area contributed by atoms with Gasteiger partial charge < -0.3 is 4.90 Å². The quantitative estimate of drug-likeness (QED) is 0.0475. The van der Waals surface area contributed by atoms with E-state index in [0.717, 1.165) is 12.2 Å². The van der Waals surface area contributed by atoms with Gasteiger partial charge >= 0.3 is 0 Å². The molecule has 4 aromatic rings. The molecule has 0 bridgehead atoms. The van der Waals surface area contributed by atoms with Crippen LogP contribution in [0.1, 0.15) is 110 Å². The van der Waals surface area contributed by atoms with Gasteiger partial charge in [0.1, 0.15) is 6.54 Å². The average Bonchev–Trinajstić information content (AvgIpc) is 3.51. The molecular formula is C49H61N2O3S+. The zero-order valence-corrected chi connectivity index (χ0v) is 34.5. The van der Waals surface area contributed by atoms with E-state index >= 15 is 0 Å². The number of rotatable bonds is 18. The molecule has 1 N–H and O–H groups in total. The van der Waals surface area contributed by atoms with Crippen molar-refractivity contribution < 1.29 is 17.5 Å². The number of unbranched alkanes of at least 4 members (excludes halogenated alkanes) is 8. The van der Waals surface area contributed by atoms with Crippen molar-refractivity contribution in [1.82, 2.24) is 0 Å². The van der Waals surface area contributed by atoms with Crippen LogP contribution in [-0.2, 0) is 20.9 Å². The Hall–Kier alpha value is -4.26. The van der Waals surface area contributed by atoms with Gasteiger partial charge in [-0.05, 0) is 72.0 Å². The highest BCUT2D eigenvalue weighted by molar-refractivity contribution is 7.85. The third kappa shape index (κ3) is 9.08. The summed E-state index contributed by atoms with van der Waals surface area (Å²) in [5.74, 6) is -0.220. The second-order valence-corrected chi connectivity index (χ2v) is 18.0. The Morgan fingerprint density at radius 1 is 0.655 bits per heavy atom. The number of hydrogen-bond donors (Lipinski definition) is 1. The molecule has 0 aromatic heterocycles. The monoisotopic (exact) mass is 757 g/mol. The van der Waals surface area contributed by atoms with Gasteiger partial charge in [-0.3, -0.25) is 4.55 Å². The van der Waals surface area contributed by atoms with E-state index in [4.69, 9.17) is 0 Å². The van der Waals surface area contributed by atoms with Gasteiger partial charge in [-0.15, -0.1) is 0 Å². The molecule has 0 aliphatic carbocycles. The largest absolute Gasteiger partial charge is 0.344 e. The Kier molecular flexibility index (Phi) is 13.0. The first-order valence-corrected chi connectivity index (χ1v) is 22.2. The lowest BCUT2D eigenvalue weighted by Crippen LogP contribution is -2.28. The molecule has 6 heteroatoms. The molecule has 0 unspecified atom stereocenters. The minimum Gasteiger partial charge on any atom is -0.344 e. The van der Waals surface area contributed by atoms with Gasteiger partial charge in [-0.25, -0.2) is 0 Å². The highest BCUT2D eigenvalue weighted by Gasteiger charge is 2.45. The molecule has 6 rings (SSSR count). The first-order chi connectivity index (χ1) is 26.4. The van der Waals surface area contributed by atoms with Crippen molar-refractivity contribution >= 4 is 48.7 Å². The third-order valence-electron chi connectivity index (χ3n) is 11.7. The second-order valence-electron chi connectivity index (χ2n) is 16.4. The van der Waals surface area contributed by atoms with Crippen molar-refractivity contribution in [2.75, 3.05) is 23.7 Å². The summed E-state index contributed by atoms with van der Waals surface area (Å²) in [6.45, 7) is 13.3. The maximum Gasteiger partial charge on any atom is 0.264 e. The predicted octanol–water partition coefficient (Wildman–Crippen LogP) is 12.5. The van der Waals surface area contributed by atoms with E-state index in [1.165, 1.54) is 101 Å². The van der Waals surface area contributed by atoms with E-state index in [0.29, 0.717) is 19.4 Å². The Balaban J connectivity index is 1.21. The van der Waals surface area contributed by atoms with Crippen molar-refractivity contribution in [3.8, 4) is 0 Å². The van der Waals surface area contributed by atoms with Crippen molar-refractivity contribution in [2.24, 2.45) is 0 Å². The van der Waals surface area contributed by atoms with Crippen LogP contribution in [0.25, 0.3) is 21.5 Å². The van der Waals surface area contributed by atoms with Gasteiger partial charge in [-0.1, -0.05) is 151 Å². The van der Waals surface area contributed by atoms with E-state index in [9.17, 15) is 13.0 Å². The lowest BCUT2D eigenvalue weighted by molar-refractivity contribution is -0.438. The van der Waals surface area contributed by atoms with Gasteiger partial charge in [0.05, 0.1) is 11.2 Å². The highest BCUT2D eigenvalue weighted by Crippen LogP contribution is 2.51. The Morgan fingerprint density at radius 2 is 1.25 bits per heavy atom. The predicted molar refractivity (Wildman–Crippen MR) is 235 cm³/mol. The van der Waals surface area contributed by atoms with Crippen LogP contribution in [0.4, 0.5) is 11.4 Å². The molecule has 5 nitrogen and oxygen atoms in total. The summed E-state index contributed by atoms with van der Waals surface area (Å²) in [4.78, 5) is 2.58. The molecule has 55 heavy (non-hydrogen) atoms. The average molecular weight is 758 g/mol. The Bertz CT molecular complexity index is 2250. The second kappa shape index (κ2) is 17.7. The minimum atomic E-state index is -3.98. The zero-order chi connectivity index (χ0) is 39.1. The van der Waals surface area contributed by atoms with Crippen LogP contribution in [0.5, 0.6) is 0 Å². The van der Waals surface area contributed by atoms with Crippen LogP contribution in [0.15, 0.2) is 121 Å². The van der Waals surface area contributed by atoms with Crippen molar-refractivity contribution in [2.45, 2.75) is 110 Å². The summed E-state index contributed by atoms with van der Waals surface area (Å²) in [7, 11) is -3.98. The molecule has 2 aliphatic heterocycles. The van der Waals surface area contributed by atoms with Crippen molar-refractivity contribution in [3.63, 3.8) is 0 Å². The summed E-state index contributed by atoms with van der Waals surface area (Å²) in [6, 6.07) is 26.3. The molecule has 290 valence electrons. The summed E-state index contributed by atoms with van der Waals surface area (Å²) >= 11 is 0. The molecule has 0 saturated heterocycles. The fraction of sp³-hybridized carbons (Fsp3) is 0.408. The van der Waals surface area contributed by atoms with E-state index in [2.05, 4.69) is 159 Å². The van der Waals surface area contributed by atoms with Crippen LogP contribution >= 0.6 is 0 Å². The number of nitrogens with zero attached hydrogens (tertiary/aromatic N) is 2. The van der Waals surface area contributed by atoms with Crippen LogP contribution in [0.2, 0.25) is 0 Å². The van der Waals surface area contributed by atoms with Crippen LogP contribution < -0.4 is 4.90 Å². The maximum atomic E-state index is 11.4. The van der Waals surface area contributed by atoms with E-state index < -0.39 is 10.1 Å². The van der Waals surface area contributed by atoms with Crippen molar-refractivity contribution in [1.29, 1.82) is 0 Å². The highest BCUT2D eigenvalue weighted by atomic mass is 32.2. The summed E-state index contributed by atoms with van der Waals surface area (Å²) in [5, 5.41) is 5.09. The molecule has 0 amide bonds. The Morgan fingerprint density at radius 3 is 1.95 bits per heavy atom. The molecule has 0 atom stereocenters. The number of fused-ring (bicyclic) bond motifs is 6. The Labute approximate surface area is 330 Å². The third-order valence-corrected chi connectivity index (χ3v) is 12.5. The number of hydrogen-bond acceptors (Lipinski definition) is 3. The summed E-state index contributed by atoms with van der Waals surface area (Å²) < 4.78 is 34.5.